The van der Waals surface area contributed by atoms with E-state index in [1.54, 1.807) is 19.1 Å². The van der Waals surface area contributed by atoms with Crippen LogP contribution in [-0.2, 0) is 16.1 Å². The lowest BCUT2D eigenvalue weighted by Crippen LogP contribution is -1.99. The molecule has 0 N–H and O–H groups in total. The lowest BCUT2D eigenvalue weighted by molar-refractivity contribution is -0.137. The Kier molecular flexibility index (Phi) is 8.00. The largest absolute Gasteiger partial charge is 0.490 e. The van der Waals surface area contributed by atoms with Crippen LogP contribution in [0, 0.1) is 0 Å². The van der Waals surface area contributed by atoms with Crippen molar-refractivity contribution >= 4 is 12.0 Å². The fourth-order valence-electron chi connectivity index (χ4n) is 2.24. The van der Waals surface area contributed by atoms with Gasteiger partial charge in [-0.1, -0.05) is 54.6 Å². The maximum absolute atomic E-state index is 11.2. The summed E-state index contributed by atoms with van der Waals surface area (Å²) in [7, 11) is 0. The van der Waals surface area contributed by atoms with Gasteiger partial charge in [0.2, 0.25) is 0 Å². The second-order valence-electron chi connectivity index (χ2n) is 5.38. The van der Waals surface area contributed by atoms with E-state index < -0.39 is 0 Å². The van der Waals surface area contributed by atoms with E-state index in [-0.39, 0.29) is 5.97 Å². The topological polar surface area (TPSA) is 44.8 Å². The van der Waals surface area contributed by atoms with Crippen LogP contribution >= 0.6 is 0 Å². The molecule has 0 aliphatic carbocycles. The Bertz CT molecular complexity index is 748. The summed E-state index contributed by atoms with van der Waals surface area (Å²) in [4.78, 5) is 11.2. The van der Waals surface area contributed by atoms with Crippen LogP contribution in [-0.4, -0.2) is 19.2 Å². The third-order valence-electron chi connectivity index (χ3n) is 3.42. The summed E-state index contributed by atoms with van der Waals surface area (Å²) in [6.07, 6.45) is 6.71. The SMILES string of the molecule is CCOC(=O)/C=C/C=C/c1ccc(OCc2ccccc2)c(OCC)c1. The van der Waals surface area contributed by atoms with E-state index in [0.717, 1.165) is 11.1 Å². The first kappa shape index (κ1) is 19.3. The Balaban J connectivity index is 2.03. The van der Waals surface area contributed by atoms with Gasteiger partial charge in [-0.25, -0.2) is 4.79 Å². The summed E-state index contributed by atoms with van der Waals surface area (Å²) in [6, 6.07) is 15.7. The standard InChI is InChI=1S/C22H24O4/c1-3-24-21-16-18(10-8-9-13-22(23)25-4-2)14-15-20(21)26-17-19-11-6-5-7-12-19/h5-16H,3-4,17H2,1-2H3/b10-8+,13-9+. The highest BCUT2D eigenvalue weighted by atomic mass is 16.5. The fourth-order valence-corrected chi connectivity index (χ4v) is 2.24. The molecule has 0 aliphatic rings. The van der Waals surface area contributed by atoms with Crippen molar-refractivity contribution in [3.63, 3.8) is 0 Å². The normalized spacial score (nSPS) is 11.0. The second-order valence-corrected chi connectivity index (χ2v) is 5.38. The third kappa shape index (κ3) is 6.48. The van der Waals surface area contributed by atoms with E-state index >= 15 is 0 Å². The Morgan fingerprint density at radius 3 is 2.46 bits per heavy atom. The molecule has 0 amide bonds. The highest BCUT2D eigenvalue weighted by Gasteiger charge is 2.06. The lowest BCUT2D eigenvalue weighted by Gasteiger charge is -2.12. The molecule has 136 valence electrons. The monoisotopic (exact) mass is 352 g/mol. The third-order valence-corrected chi connectivity index (χ3v) is 3.42. The first-order valence-corrected chi connectivity index (χ1v) is 8.68. The van der Waals surface area contributed by atoms with Crippen molar-refractivity contribution in [1.29, 1.82) is 0 Å². The van der Waals surface area contributed by atoms with Gasteiger partial charge in [0.1, 0.15) is 6.61 Å². The quantitative estimate of drug-likeness (QED) is 0.369. The van der Waals surface area contributed by atoms with Gasteiger partial charge in [0.15, 0.2) is 11.5 Å². The van der Waals surface area contributed by atoms with Gasteiger partial charge in [0.25, 0.3) is 0 Å². The number of ether oxygens (including phenoxy) is 3. The van der Waals surface area contributed by atoms with Crippen LogP contribution < -0.4 is 9.47 Å². The summed E-state index contributed by atoms with van der Waals surface area (Å²) >= 11 is 0. The molecule has 2 aromatic rings. The van der Waals surface area contributed by atoms with Crippen LogP contribution in [0.1, 0.15) is 25.0 Å². The minimum atomic E-state index is -0.350. The minimum Gasteiger partial charge on any atom is -0.490 e. The van der Waals surface area contributed by atoms with Crippen LogP contribution in [0.2, 0.25) is 0 Å². The maximum Gasteiger partial charge on any atom is 0.330 e. The van der Waals surface area contributed by atoms with E-state index in [4.69, 9.17) is 14.2 Å². The highest BCUT2D eigenvalue weighted by molar-refractivity contribution is 5.82. The van der Waals surface area contributed by atoms with Gasteiger partial charge in [0.05, 0.1) is 13.2 Å². The smallest absolute Gasteiger partial charge is 0.330 e. The van der Waals surface area contributed by atoms with Gasteiger partial charge in [-0.05, 0) is 37.1 Å². The van der Waals surface area contributed by atoms with Crippen LogP contribution in [0.25, 0.3) is 6.08 Å². The first-order valence-electron chi connectivity index (χ1n) is 8.68. The van der Waals surface area contributed by atoms with Crippen molar-refractivity contribution in [1.82, 2.24) is 0 Å². The first-order chi connectivity index (χ1) is 12.7. The number of esters is 1. The predicted octanol–water partition coefficient (Wildman–Crippen LogP) is 4.80. The van der Waals surface area contributed by atoms with Gasteiger partial charge in [0, 0.05) is 6.08 Å². The van der Waals surface area contributed by atoms with Crippen LogP contribution in [0.5, 0.6) is 11.5 Å². The molecular formula is C22H24O4. The fraction of sp³-hybridized carbons (Fsp3) is 0.227. The molecule has 4 heteroatoms. The number of rotatable bonds is 9. The van der Waals surface area contributed by atoms with E-state index in [9.17, 15) is 4.79 Å². The van der Waals surface area contributed by atoms with E-state index in [0.29, 0.717) is 31.3 Å². The molecule has 0 aromatic heterocycles. The summed E-state index contributed by atoms with van der Waals surface area (Å²) in [5.41, 5.74) is 2.05. The van der Waals surface area contributed by atoms with Crippen LogP contribution in [0.3, 0.4) is 0 Å². The van der Waals surface area contributed by atoms with Gasteiger partial charge in [-0.3, -0.25) is 0 Å². The average Bonchev–Trinajstić information content (AvgIpc) is 2.66. The van der Waals surface area contributed by atoms with Crippen molar-refractivity contribution in [2.45, 2.75) is 20.5 Å². The molecule has 0 heterocycles. The number of hydrogen-bond acceptors (Lipinski definition) is 4. The average molecular weight is 352 g/mol. The Labute approximate surface area is 154 Å². The van der Waals surface area contributed by atoms with Gasteiger partial charge < -0.3 is 14.2 Å². The number of carbonyl (C=O) groups excluding carboxylic acids is 1. The molecule has 0 radical (unpaired) electrons. The molecule has 0 saturated heterocycles. The molecule has 4 nitrogen and oxygen atoms in total. The molecule has 0 atom stereocenters. The summed E-state index contributed by atoms with van der Waals surface area (Å²) in [5.74, 6) is 1.05. The maximum atomic E-state index is 11.2. The van der Waals surface area contributed by atoms with E-state index in [1.165, 1.54) is 6.08 Å². The molecule has 2 aromatic carbocycles. The Morgan fingerprint density at radius 2 is 1.73 bits per heavy atom. The van der Waals surface area contributed by atoms with E-state index in [2.05, 4.69) is 0 Å². The van der Waals surface area contributed by atoms with Crippen molar-refractivity contribution in [3.8, 4) is 11.5 Å². The molecule has 0 fully saturated rings. The zero-order chi connectivity index (χ0) is 18.6. The number of benzene rings is 2. The second kappa shape index (κ2) is 10.8. The molecule has 0 unspecified atom stereocenters. The van der Waals surface area contributed by atoms with Crippen molar-refractivity contribution in [2.75, 3.05) is 13.2 Å². The lowest BCUT2D eigenvalue weighted by atomic mass is 10.2. The molecule has 0 saturated carbocycles. The van der Waals surface area contributed by atoms with Gasteiger partial charge in [-0.15, -0.1) is 0 Å². The van der Waals surface area contributed by atoms with Gasteiger partial charge in [-0.2, -0.15) is 0 Å². The highest BCUT2D eigenvalue weighted by Crippen LogP contribution is 2.29. The summed E-state index contributed by atoms with van der Waals surface area (Å²) in [6.45, 7) is 5.12. The zero-order valence-electron chi connectivity index (χ0n) is 15.2. The van der Waals surface area contributed by atoms with Crippen molar-refractivity contribution < 1.29 is 19.0 Å². The number of hydrogen-bond donors (Lipinski definition) is 0. The number of allylic oxidation sites excluding steroid dienone is 2. The Hall–Kier alpha value is -3.01. The van der Waals surface area contributed by atoms with Crippen LogP contribution in [0.15, 0.2) is 66.8 Å². The van der Waals surface area contributed by atoms with Crippen molar-refractivity contribution in [3.05, 3.63) is 77.9 Å². The molecule has 0 aliphatic heterocycles. The van der Waals surface area contributed by atoms with Gasteiger partial charge >= 0.3 is 5.97 Å². The molecule has 0 spiro atoms. The summed E-state index contributed by atoms with van der Waals surface area (Å²) < 4.78 is 16.4. The number of carbonyl (C=O) groups is 1. The van der Waals surface area contributed by atoms with E-state index in [1.807, 2.05) is 61.5 Å². The molecule has 26 heavy (non-hydrogen) atoms. The summed E-state index contributed by atoms with van der Waals surface area (Å²) in [5, 5.41) is 0. The molecule has 0 bridgehead atoms. The molecule has 2 rings (SSSR count). The Morgan fingerprint density at radius 1 is 0.923 bits per heavy atom. The minimum absolute atomic E-state index is 0.350. The predicted molar refractivity (Wildman–Crippen MR) is 103 cm³/mol. The molecular weight excluding hydrogens is 328 g/mol. The van der Waals surface area contributed by atoms with Crippen LogP contribution in [0.4, 0.5) is 0 Å². The zero-order valence-corrected chi connectivity index (χ0v) is 15.2. The van der Waals surface area contributed by atoms with Crippen molar-refractivity contribution in [2.24, 2.45) is 0 Å².